The van der Waals surface area contributed by atoms with Crippen LogP contribution in [0.3, 0.4) is 0 Å². The van der Waals surface area contributed by atoms with Gasteiger partial charge < -0.3 is 21.7 Å². The Labute approximate surface area is 153 Å². The lowest BCUT2D eigenvalue weighted by Crippen LogP contribution is -2.49. The van der Waals surface area contributed by atoms with Crippen molar-refractivity contribution in [1.29, 1.82) is 0 Å². The molecule has 25 heavy (non-hydrogen) atoms. The largest absolute Gasteiger partial charge is 0.368 e. The second kappa shape index (κ2) is 9.00. The van der Waals surface area contributed by atoms with Gasteiger partial charge in [0, 0.05) is 25.2 Å². The van der Waals surface area contributed by atoms with Crippen molar-refractivity contribution in [2.75, 3.05) is 33.2 Å². The molecule has 1 aliphatic heterocycles. The molecule has 5 N–H and O–H groups in total. The third-order valence-corrected chi connectivity index (χ3v) is 4.62. The highest BCUT2D eigenvalue weighted by Crippen LogP contribution is 2.10. The Balaban J connectivity index is 1.91. The maximum atomic E-state index is 12.1. The summed E-state index contributed by atoms with van der Waals surface area (Å²) in [6, 6.07) is 6.18. The van der Waals surface area contributed by atoms with Crippen LogP contribution in [0.4, 0.5) is 0 Å². The van der Waals surface area contributed by atoms with E-state index in [-0.39, 0.29) is 4.99 Å². The molecule has 1 aromatic rings. The number of nitrogens with zero attached hydrogens (tertiary/aromatic N) is 2. The van der Waals surface area contributed by atoms with Crippen LogP contribution in [0, 0.1) is 0 Å². The first-order chi connectivity index (χ1) is 11.9. The number of benzene rings is 1. The summed E-state index contributed by atoms with van der Waals surface area (Å²) in [5.74, 6) is -1.17. The number of amides is 2. The molecule has 1 fully saturated rings. The highest BCUT2D eigenvalue weighted by Gasteiger charge is 2.18. The van der Waals surface area contributed by atoms with E-state index in [0.717, 1.165) is 44.7 Å². The maximum Gasteiger partial charge on any atom is 0.256 e. The van der Waals surface area contributed by atoms with E-state index >= 15 is 0 Å². The van der Waals surface area contributed by atoms with Gasteiger partial charge in [-0.25, -0.2) is 0 Å². The van der Waals surface area contributed by atoms with Crippen molar-refractivity contribution in [2.45, 2.75) is 19.0 Å². The van der Waals surface area contributed by atoms with Crippen LogP contribution in [0.15, 0.2) is 24.3 Å². The first kappa shape index (κ1) is 19.5. The van der Waals surface area contributed by atoms with Crippen molar-refractivity contribution in [3.63, 3.8) is 0 Å². The smallest absolute Gasteiger partial charge is 0.256 e. The summed E-state index contributed by atoms with van der Waals surface area (Å²) in [7, 11) is 2.14. The Morgan fingerprint density at radius 3 is 2.52 bits per heavy atom. The Bertz CT molecular complexity index is 634. The second-order valence-corrected chi connectivity index (χ2v) is 6.77. The van der Waals surface area contributed by atoms with E-state index in [9.17, 15) is 9.59 Å². The van der Waals surface area contributed by atoms with Gasteiger partial charge in [-0.3, -0.25) is 14.5 Å². The lowest BCUT2D eigenvalue weighted by molar-refractivity contribution is -0.117. The molecule has 0 radical (unpaired) electrons. The fourth-order valence-electron chi connectivity index (χ4n) is 2.67. The summed E-state index contributed by atoms with van der Waals surface area (Å²) in [6.45, 7) is 5.17. The number of likely N-dealkylation sites (N-methyl/N-ethyl adjacent to an activating group) is 1. The number of primary amides is 1. The van der Waals surface area contributed by atoms with E-state index in [4.69, 9.17) is 23.7 Å². The van der Waals surface area contributed by atoms with Crippen LogP contribution in [-0.2, 0) is 11.3 Å². The SMILES string of the molecule is CN1CCCN(Cc2ccc(C(=O)NC(=S)C(N)C(N)=O)cc2)CC1. The van der Waals surface area contributed by atoms with Gasteiger partial charge in [-0.15, -0.1) is 0 Å². The molecule has 1 saturated heterocycles. The third kappa shape index (κ3) is 5.86. The predicted molar refractivity (Wildman–Crippen MR) is 101 cm³/mol. The number of hydrogen-bond donors (Lipinski definition) is 3. The summed E-state index contributed by atoms with van der Waals surface area (Å²) in [4.78, 5) is 27.8. The van der Waals surface area contributed by atoms with E-state index < -0.39 is 17.9 Å². The summed E-state index contributed by atoms with van der Waals surface area (Å²) in [5.41, 5.74) is 12.2. The van der Waals surface area contributed by atoms with E-state index in [1.54, 1.807) is 12.1 Å². The molecular formula is C17H25N5O2S. The molecule has 0 aromatic heterocycles. The van der Waals surface area contributed by atoms with Gasteiger partial charge in [0.15, 0.2) is 0 Å². The molecule has 7 nitrogen and oxygen atoms in total. The zero-order valence-electron chi connectivity index (χ0n) is 14.4. The summed E-state index contributed by atoms with van der Waals surface area (Å²) >= 11 is 4.92. The van der Waals surface area contributed by atoms with E-state index in [2.05, 4.69) is 22.2 Å². The quantitative estimate of drug-likeness (QED) is 0.620. The normalized spacial score (nSPS) is 17.5. The molecular weight excluding hydrogens is 338 g/mol. The lowest BCUT2D eigenvalue weighted by Gasteiger charge is -2.20. The highest BCUT2D eigenvalue weighted by atomic mass is 32.1. The van der Waals surface area contributed by atoms with Gasteiger partial charge in [0.05, 0.1) is 0 Å². The highest BCUT2D eigenvalue weighted by molar-refractivity contribution is 7.80. The predicted octanol–water partition coefficient (Wildman–Crippen LogP) is -0.306. The number of carbonyl (C=O) groups excluding carboxylic acids is 2. The number of nitrogens with two attached hydrogens (primary N) is 2. The second-order valence-electron chi connectivity index (χ2n) is 6.33. The van der Waals surface area contributed by atoms with Crippen molar-refractivity contribution in [3.8, 4) is 0 Å². The molecule has 1 aromatic carbocycles. The summed E-state index contributed by atoms with van der Waals surface area (Å²) in [6.07, 6.45) is 1.16. The van der Waals surface area contributed by atoms with E-state index in [1.807, 2.05) is 12.1 Å². The topological polar surface area (TPSA) is 105 Å². The van der Waals surface area contributed by atoms with Gasteiger partial charge in [0.1, 0.15) is 11.0 Å². The molecule has 1 aliphatic rings. The molecule has 2 rings (SSSR count). The monoisotopic (exact) mass is 363 g/mol. The van der Waals surface area contributed by atoms with Crippen LogP contribution >= 0.6 is 12.2 Å². The van der Waals surface area contributed by atoms with Gasteiger partial charge in [0.2, 0.25) is 5.91 Å². The standard InChI is InChI=1S/C17H25N5O2S/c1-21-7-2-8-22(10-9-21)11-12-3-5-13(6-4-12)16(24)20-17(25)14(18)15(19)23/h3-6,14H,2,7-11,18H2,1H3,(H2,19,23)(H,20,24,25). The zero-order valence-corrected chi connectivity index (χ0v) is 15.2. The van der Waals surface area contributed by atoms with Crippen LogP contribution in [0.25, 0.3) is 0 Å². The van der Waals surface area contributed by atoms with E-state index in [0.29, 0.717) is 5.56 Å². The minimum absolute atomic E-state index is 0.0738. The van der Waals surface area contributed by atoms with Gasteiger partial charge in [-0.1, -0.05) is 24.4 Å². The van der Waals surface area contributed by atoms with Gasteiger partial charge in [0.25, 0.3) is 5.91 Å². The van der Waals surface area contributed by atoms with Crippen LogP contribution in [-0.4, -0.2) is 65.9 Å². The van der Waals surface area contributed by atoms with Crippen LogP contribution < -0.4 is 16.8 Å². The Kier molecular flexibility index (Phi) is 7.01. The molecule has 1 unspecified atom stereocenters. The molecule has 0 saturated carbocycles. The van der Waals surface area contributed by atoms with Gasteiger partial charge in [-0.05, 0) is 44.3 Å². The lowest BCUT2D eigenvalue weighted by atomic mass is 10.1. The van der Waals surface area contributed by atoms with Gasteiger partial charge >= 0.3 is 0 Å². The number of thiocarbonyl (C=S) groups is 1. The number of hydrogen-bond acceptors (Lipinski definition) is 6. The fraction of sp³-hybridized carbons (Fsp3) is 0.471. The minimum Gasteiger partial charge on any atom is -0.368 e. The van der Waals surface area contributed by atoms with Crippen LogP contribution in [0.5, 0.6) is 0 Å². The molecule has 0 aliphatic carbocycles. The molecule has 0 spiro atoms. The minimum atomic E-state index is -1.17. The first-order valence-electron chi connectivity index (χ1n) is 8.27. The maximum absolute atomic E-state index is 12.1. The average molecular weight is 363 g/mol. The van der Waals surface area contributed by atoms with Crippen LogP contribution in [0.1, 0.15) is 22.3 Å². The number of nitrogens with one attached hydrogen (secondary N) is 1. The first-order valence-corrected chi connectivity index (χ1v) is 8.67. The zero-order chi connectivity index (χ0) is 18.4. The van der Waals surface area contributed by atoms with Crippen molar-refractivity contribution < 1.29 is 9.59 Å². The van der Waals surface area contributed by atoms with Gasteiger partial charge in [-0.2, -0.15) is 0 Å². The number of carbonyl (C=O) groups is 2. The molecule has 8 heteroatoms. The van der Waals surface area contributed by atoms with E-state index in [1.165, 1.54) is 0 Å². The number of rotatable bonds is 5. The van der Waals surface area contributed by atoms with Crippen LogP contribution in [0.2, 0.25) is 0 Å². The molecule has 1 heterocycles. The van der Waals surface area contributed by atoms with Crippen molar-refractivity contribution in [3.05, 3.63) is 35.4 Å². The summed E-state index contributed by atoms with van der Waals surface area (Å²) in [5, 5.41) is 2.44. The molecule has 2 amide bonds. The average Bonchev–Trinajstić information content (AvgIpc) is 2.79. The van der Waals surface area contributed by atoms with Crippen molar-refractivity contribution in [1.82, 2.24) is 15.1 Å². The summed E-state index contributed by atoms with van der Waals surface area (Å²) < 4.78 is 0. The third-order valence-electron chi connectivity index (χ3n) is 4.26. The Hall–Kier alpha value is -1.87. The Morgan fingerprint density at radius 1 is 1.20 bits per heavy atom. The molecule has 136 valence electrons. The van der Waals surface area contributed by atoms with Crippen molar-refractivity contribution >= 4 is 29.0 Å². The molecule has 0 bridgehead atoms. The Morgan fingerprint density at radius 2 is 1.88 bits per heavy atom. The fourth-order valence-corrected chi connectivity index (χ4v) is 2.88. The molecule has 1 atom stereocenters. The van der Waals surface area contributed by atoms with Crippen molar-refractivity contribution in [2.24, 2.45) is 11.5 Å².